The van der Waals surface area contributed by atoms with E-state index in [0.29, 0.717) is 5.75 Å². The van der Waals surface area contributed by atoms with Crippen molar-refractivity contribution in [2.24, 2.45) is 7.05 Å². The quantitative estimate of drug-likeness (QED) is 0.793. The number of nitrogens with zero attached hydrogens (tertiary/aromatic N) is 3. The second-order valence-corrected chi connectivity index (χ2v) is 5.89. The normalized spacial score (nSPS) is 10.6. The molecule has 1 aromatic carbocycles. The lowest BCUT2D eigenvalue weighted by molar-refractivity contribution is 0.101. The van der Waals surface area contributed by atoms with Crippen LogP contribution >= 0.6 is 0 Å². The van der Waals surface area contributed by atoms with Gasteiger partial charge in [-0.1, -0.05) is 12.1 Å². The number of amides is 1. The average molecular weight is 336 g/mol. The first kappa shape index (κ1) is 16.7. The number of ether oxygens (including phenoxy) is 1. The molecule has 6 nitrogen and oxygen atoms in total. The van der Waals surface area contributed by atoms with Gasteiger partial charge in [0.05, 0.1) is 12.8 Å². The summed E-state index contributed by atoms with van der Waals surface area (Å²) in [4.78, 5) is 16.9. The molecule has 1 N–H and O–H groups in total. The number of nitrogens with one attached hydrogen (secondary N) is 1. The Bertz CT molecular complexity index is 931. The van der Waals surface area contributed by atoms with Crippen molar-refractivity contribution in [3.63, 3.8) is 0 Å². The van der Waals surface area contributed by atoms with Crippen LogP contribution < -0.4 is 10.1 Å². The zero-order valence-corrected chi connectivity index (χ0v) is 14.7. The molecule has 3 aromatic rings. The molecule has 0 radical (unpaired) electrons. The van der Waals surface area contributed by atoms with Gasteiger partial charge >= 0.3 is 0 Å². The van der Waals surface area contributed by atoms with E-state index in [-0.39, 0.29) is 11.6 Å². The van der Waals surface area contributed by atoms with Crippen LogP contribution in [-0.2, 0) is 7.05 Å². The second kappa shape index (κ2) is 6.76. The summed E-state index contributed by atoms with van der Waals surface area (Å²) >= 11 is 0. The smallest absolute Gasteiger partial charge is 0.278 e. The Labute approximate surface area is 146 Å². The van der Waals surface area contributed by atoms with Crippen LogP contribution in [0.3, 0.4) is 0 Å². The van der Waals surface area contributed by atoms with Crippen LogP contribution in [0.4, 0.5) is 5.69 Å². The number of hydrogen-bond acceptors (Lipinski definition) is 4. The lowest BCUT2D eigenvalue weighted by atomic mass is 10.1. The number of aryl methyl sites for hydroxylation is 3. The summed E-state index contributed by atoms with van der Waals surface area (Å²) in [6.45, 7) is 3.85. The average Bonchev–Trinajstić information content (AvgIpc) is 3.02. The largest absolute Gasteiger partial charge is 0.494 e. The number of methoxy groups -OCH3 is 1. The summed E-state index contributed by atoms with van der Waals surface area (Å²) < 4.78 is 7.07. The van der Waals surface area contributed by atoms with Gasteiger partial charge in [-0.2, -0.15) is 5.10 Å². The van der Waals surface area contributed by atoms with E-state index in [9.17, 15) is 4.79 Å². The van der Waals surface area contributed by atoms with Gasteiger partial charge in [0.15, 0.2) is 5.69 Å². The SMILES string of the molecule is COc1cc(C)cnc1C(=O)Nc1cc(-c2ccnn2C)ccc1C. The first-order valence-corrected chi connectivity index (χ1v) is 7.90. The number of rotatable bonds is 4. The number of carbonyl (C=O) groups excluding carboxylic acids is 1. The minimum absolute atomic E-state index is 0.262. The standard InChI is InChI=1S/C19H20N4O2/c1-12-9-17(25-4)18(20-11-12)19(24)22-15-10-14(6-5-13(15)2)16-7-8-21-23(16)3/h5-11H,1-4H3,(H,22,24). The van der Waals surface area contributed by atoms with Gasteiger partial charge in [0.1, 0.15) is 5.75 Å². The highest BCUT2D eigenvalue weighted by Crippen LogP contribution is 2.26. The Morgan fingerprint density at radius 3 is 2.68 bits per heavy atom. The maximum Gasteiger partial charge on any atom is 0.278 e. The molecule has 2 aromatic heterocycles. The third-order valence-corrected chi connectivity index (χ3v) is 4.03. The molecule has 0 aliphatic heterocycles. The summed E-state index contributed by atoms with van der Waals surface area (Å²) in [6, 6.07) is 9.64. The topological polar surface area (TPSA) is 69.0 Å². The zero-order valence-electron chi connectivity index (χ0n) is 14.7. The van der Waals surface area contributed by atoms with E-state index in [4.69, 9.17) is 4.74 Å². The fourth-order valence-electron chi connectivity index (χ4n) is 2.62. The molecule has 1 amide bonds. The van der Waals surface area contributed by atoms with Crippen molar-refractivity contribution in [2.75, 3.05) is 12.4 Å². The van der Waals surface area contributed by atoms with E-state index in [1.54, 1.807) is 23.1 Å². The van der Waals surface area contributed by atoms with Crippen molar-refractivity contribution in [3.8, 4) is 17.0 Å². The van der Waals surface area contributed by atoms with Crippen LogP contribution in [0.1, 0.15) is 21.6 Å². The first-order valence-electron chi connectivity index (χ1n) is 7.90. The molecule has 0 saturated heterocycles. The summed E-state index contributed by atoms with van der Waals surface area (Å²) in [7, 11) is 3.41. The van der Waals surface area contributed by atoms with Crippen LogP contribution in [0.15, 0.2) is 42.7 Å². The molecule has 2 heterocycles. The van der Waals surface area contributed by atoms with Gasteiger partial charge in [-0.25, -0.2) is 4.98 Å². The van der Waals surface area contributed by atoms with Crippen molar-refractivity contribution in [2.45, 2.75) is 13.8 Å². The van der Waals surface area contributed by atoms with Gasteiger partial charge in [-0.05, 0) is 43.2 Å². The first-order chi connectivity index (χ1) is 12.0. The van der Waals surface area contributed by atoms with E-state index < -0.39 is 0 Å². The van der Waals surface area contributed by atoms with Gasteiger partial charge < -0.3 is 10.1 Å². The fraction of sp³-hybridized carbons (Fsp3) is 0.211. The molecule has 3 rings (SSSR count). The number of anilines is 1. The predicted molar refractivity (Wildman–Crippen MR) is 96.9 cm³/mol. The summed E-state index contributed by atoms with van der Waals surface area (Å²) in [5.74, 6) is 0.153. The summed E-state index contributed by atoms with van der Waals surface area (Å²) in [5, 5.41) is 7.12. The molecule has 0 atom stereocenters. The molecule has 25 heavy (non-hydrogen) atoms. The highest BCUT2D eigenvalue weighted by molar-refractivity contribution is 6.05. The third-order valence-electron chi connectivity index (χ3n) is 4.03. The Hall–Kier alpha value is -3.15. The molecular weight excluding hydrogens is 316 g/mol. The molecule has 0 fully saturated rings. The molecule has 6 heteroatoms. The molecule has 0 aliphatic carbocycles. The molecule has 0 unspecified atom stereocenters. The third kappa shape index (κ3) is 3.38. The number of aromatic nitrogens is 3. The van der Waals surface area contributed by atoms with Gasteiger partial charge in [-0.3, -0.25) is 9.48 Å². The molecular formula is C19H20N4O2. The van der Waals surface area contributed by atoms with Crippen LogP contribution in [-0.4, -0.2) is 27.8 Å². The monoisotopic (exact) mass is 336 g/mol. The van der Waals surface area contributed by atoms with Crippen LogP contribution in [0, 0.1) is 13.8 Å². The molecule has 0 saturated carbocycles. The second-order valence-electron chi connectivity index (χ2n) is 5.89. The minimum atomic E-state index is -0.304. The van der Waals surface area contributed by atoms with Crippen LogP contribution in [0.5, 0.6) is 5.75 Å². The maximum atomic E-state index is 12.7. The fourth-order valence-corrected chi connectivity index (χ4v) is 2.62. The van der Waals surface area contributed by atoms with E-state index >= 15 is 0 Å². The number of hydrogen-bond donors (Lipinski definition) is 1. The Kier molecular flexibility index (Phi) is 4.52. The van der Waals surface area contributed by atoms with Crippen molar-refractivity contribution in [1.82, 2.24) is 14.8 Å². The van der Waals surface area contributed by atoms with E-state index in [1.807, 2.05) is 45.2 Å². The van der Waals surface area contributed by atoms with E-state index in [2.05, 4.69) is 15.4 Å². The van der Waals surface area contributed by atoms with Crippen LogP contribution in [0.2, 0.25) is 0 Å². The highest BCUT2D eigenvalue weighted by Gasteiger charge is 2.16. The minimum Gasteiger partial charge on any atom is -0.494 e. The lowest BCUT2D eigenvalue weighted by Crippen LogP contribution is -2.16. The van der Waals surface area contributed by atoms with Crippen molar-refractivity contribution >= 4 is 11.6 Å². The molecule has 128 valence electrons. The summed E-state index contributed by atoms with van der Waals surface area (Å²) in [6.07, 6.45) is 3.39. The summed E-state index contributed by atoms with van der Waals surface area (Å²) in [5.41, 5.74) is 4.84. The van der Waals surface area contributed by atoms with Crippen molar-refractivity contribution < 1.29 is 9.53 Å². The molecule has 0 bridgehead atoms. The van der Waals surface area contributed by atoms with Gasteiger partial charge in [0, 0.05) is 30.7 Å². The molecule has 0 spiro atoms. The van der Waals surface area contributed by atoms with E-state index in [0.717, 1.165) is 28.1 Å². The zero-order chi connectivity index (χ0) is 18.0. The van der Waals surface area contributed by atoms with Crippen molar-refractivity contribution in [1.29, 1.82) is 0 Å². The van der Waals surface area contributed by atoms with Gasteiger partial charge in [0.2, 0.25) is 0 Å². The lowest BCUT2D eigenvalue weighted by Gasteiger charge is -2.12. The number of benzene rings is 1. The van der Waals surface area contributed by atoms with Crippen LogP contribution in [0.25, 0.3) is 11.3 Å². The molecule has 0 aliphatic rings. The number of carbonyl (C=O) groups is 1. The Morgan fingerprint density at radius 2 is 2.00 bits per heavy atom. The Morgan fingerprint density at radius 1 is 1.20 bits per heavy atom. The van der Waals surface area contributed by atoms with E-state index in [1.165, 1.54) is 7.11 Å². The Balaban J connectivity index is 1.93. The van der Waals surface area contributed by atoms with Gasteiger partial charge in [0.25, 0.3) is 5.91 Å². The highest BCUT2D eigenvalue weighted by atomic mass is 16.5. The van der Waals surface area contributed by atoms with Gasteiger partial charge in [-0.15, -0.1) is 0 Å². The van der Waals surface area contributed by atoms with Crippen molar-refractivity contribution in [3.05, 3.63) is 59.5 Å². The number of pyridine rings is 1. The maximum absolute atomic E-state index is 12.7. The predicted octanol–water partition coefficient (Wildman–Crippen LogP) is 3.36.